The first-order valence-corrected chi connectivity index (χ1v) is 4.49. The number of phenolic OH excluding ortho intramolecular Hbond substituents is 1. The van der Waals surface area contributed by atoms with Gasteiger partial charge in [0.1, 0.15) is 11.5 Å². The molecule has 0 spiro atoms. The summed E-state index contributed by atoms with van der Waals surface area (Å²) in [6.45, 7) is 3.79. The lowest BCUT2D eigenvalue weighted by molar-refractivity contribution is 0.214. The highest BCUT2D eigenvalue weighted by Crippen LogP contribution is 2.33. The second-order valence-corrected chi connectivity index (χ2v) is 3.93. The van der Waals surface area contributed by atoms with Crippen molar-refractivity contribution in [2.24, 2.45) is 0 Å². The summed E-state index contributed by atoms with van der Waals surface area (Å²) in [7, 11) is 1.57. The van der Waals surface area contributed by atoms with E-state index in [1.807, 2.05) is 13.8 Å². The fourth-order valence-corrected chi connectivity index (χ4v) is 1.31. The third-order valence-electron chi connectivity index (χ3n) is 2.31. The predicted molar refractivity (Wildman–Crippen MR) is 54.8 cm³/mol. The third-order valence-corrected chi connectivity index (χ3v) is 2.31. The first-order chi connectivity index (χ1) is 6.51. The van der Waals surface area contributed by atoms with Crippen LogP contribution in [-0.4, -0.2) is 23.9 Å². The highest BCUT2D eigenvalue weighted by atomic mass is 16.5. The van der Waals surface area contributed by atoms with Gasteiger partial charge in [0.2, 0.25) is 0 Å². The zero-order valence-electron chi connectivity index (χ0n) is 8.74. The largest absolute Gasteiger partial charge is 0.508 e. The Labute approximate surface area is 84.0 Å². The number of aliphatic hydroxyl groups is 1. The molecule has 0 fully saturated rings. The standard InChI is InChI=1S/C11H16O3/c1-11(2,7-12)9-6-8(13)4-5-10(9)14-3/h4-6,12-13H,7H2,1-3H3. The first kappa shape index (κ1) is 10.9. The van der Waals surface area contributed by atoms with E-state index in [2.05, 4.69) is 0 Å². The molecule has 1 rings (SSSR count). The SMILES string of the molecule is COc1ccc(O)cc1C(C)(C)CO. The van der Waals surface area contributed by atoms with E-state index in [0.717, 1.165) is 5.56 Å². The van der Waals surface area contributed by atoms with Gasteiger partial charge in [-0.05, 0) is 18.2 Å². The van der Waals surface area contributed by atoms with Crippen molar-refractivity contribution >= 4 is 0 Å². The van der Waals surface area contributed by atoms with Crippen LogP contribution in [0, 0.1) is 0 Å². The van der Waals surface area contributed by atoms with E-state index in [1.54, 1.807) is 25.3 Å². The van der Waals surface area contributed by atoms with Crippen molar-refractivity contribution in [2.75, 3.05) is 13.7 Å². The van der Waals surface area contributed by atoms with Crippen molar-refractivity contribution in [3.05, 3.63) is 23.8 Å². The van der Waals surface area contributed by atoms with E-state index >= 15 is 0 Å². The average molecular weight is 196 g/mol. The first-order valence-electron chi connectivity index (χ1n) is 4.49. The van der Waals surface area contributed by atoms with Gasteiger partial charge in [-0.2, -0.15) is 0 Å². The van der Waals surface area contributed by atoms with Crippen LogP contribution in [-0.2, 0) is 5.41 Å². The van der Waals surface area contributed by atoms with Gasteiger partial charge in [0.15, 0.2) is 0 Å². The molecule has 2 N–H and O–H groups in total. The van der Waals surface area contributed by atoms with Gasteiger partial charge in [0.05, 0.1) is 13.7 Å². The maximum absolute atomic E-state index is 9.35. The molecule has 14 heavy (non-hydrogen) atoms. The van der Waals surface area contributed by atoms with Crippen LogP contribution in [0.2, 0.25) is 0 Å². The molecular formula is C11H16O3. The molecule has 0 unspecified atom stereocenters. The molecule has 0 aromatic heterocycles. The number of aliphatic hydroxyl groups excluding tert-OH is 1. The summed E-state index contributed by atoms with van der Waals surface area (Å²) in [5.74, 6) is 0.865. The molecule has 0 aliphatic carbocycles. The lowest BCUT2D eigenvalue weighted by Gasteiger charge is -2.24. The van der Waals surface area contributed by atoms with Crippen LogP contribution in [0.3, 0.4) is 0 Å². The molecule has 0 saturated carbocycles. The average Bonchev–Trinajstić information content (AvgIpc) is 2.18. The normalized spacial score (nSPS) is 11.4. The van der Waals surface area contributed by atoms with Crippen LogP contribution in [0.1, 0.15) is 19.4 Å². The van der Waals surface area contributed by atoms with Gasteiger partial charge in [-0.25, -0.2) is 0 Å². The van der Waals surface area contributed by atoms with Crippen LogP contribution >= 0.6 is 0 Å². The van der Waals surface area contributed by atoms with Crippen LogP contribution in [0.4, 0.5) is 0 Å². The fourth-order valence-electron chi connectivity index (χ4n) is 1.31. The molecule has 0 atom stereocenters. The molecule has 1 aromatic rings. The number of rotatable bonds is 3. The fraction of sp³-hybridized carbons (Fsp3) is 0.455. The number of aromatic hydroxyl groups is 1. The van der Waals surface area contributed by atoms with E-state index in [4.69, 9.17) is 4.74 Å². The molecule has 0 saturated heterocycles. The highest BCUT2D eigenvalue weighted by Gasteiger charge is 2.23. The summed E-state index contributed by atoms with van der Waals surface area (Å²) in [5, 5.41) is 18.6. The lowest BCUT2D eigenvalue weighted by Crippen LogP contribution is -2.22. The highest BCUT2D eigenvalue weighted by molar-refractivity contribution is 5.43. The van der Waals surface area contributed by atoms with Gasteiger partial charge >= 0.3 is 0 Å². The van der Waals surface area contributed by atoms with Crippen molar-refractivity contribution < 1.29 is 14.9 Å². The molecule has 1 aromatic carbocycles. The van der Waals surface area contributed by atoms with Gasteiger partial charge in [-0.3, -0.25) is 0 Å². The molecule has 0 heterocycles. The van der Waals surface area contributed by atoms with Gasteiger partial charge in [-0.1, -0.05) is 13.8 Å². The molecule has 3 nitrogen and oxygen atoms in total. The minimum absolute atomic E-state index is 0.00676. The van der Waals surface area contributed by atoms with Crippen molar-refractivity contribution in [2.45, 2.75) is 19.3 Å². The Balaban J connectivity index is 3.23. The van der Waals surface area contributed by atoms with Gasteiger partial charge in [-0.15, -0.1) is 0 Å². The van der Waals surface area contributed by atoms with E-state index < -0.39 is 5.41 Å². The van der Waals surface area contributed by atoms with E-state index in [-0.39, 0.29) is 12.4 Å². The van der Waals surface area contributed by atoms with E-state index in [0.29, 0.717) is 5.75 Å². The topological polar surface area (TPSA) is 49.7 Å². The minimum Gasteiger partial charge on any atom is -0.508 e. The molecule has 0 aliphatic rings. The molecular weight excluding hydrogens is 180 g/mol. The van der Waals surface area contributed by atoms with Crippen LogP contribution in [0.5, 0.6) is 11.5 Å². The molecule has 78 valence electrons. The van der Waals surface area contributed by atoms with Crippen molar-refractivity contribution in [3.8, 4) is 11.5 Å². The van der Waals surface area contributed by atoms with E-state index in [1.165, 1.54) is 0 Å². The second kappa shape index (κ2) is 3.88. The summed E-state index contributed by atoms with van der Waals surface area (Å²) in [4.78, 5) is 0. The van der Waals surface area contributed by atoms with Crippen molar-refractivity contribution in [3.63, 3.8) is 0 Å². The van der Waals surface area contributed by atoms with Gasteiger partial charge in [0.25, 0.3) is 0 Å². The zero-order valence-corrected chi connectivity index (χ0v) is 8.74. The number of ether oxygens (including phenoxy) is 1. The summed E-state index contributed by atoms with van der Waals surface area (Å²) in [6.07, 6.45) is 0. The van der Waals surface area contributed by atoms with Gasteiger partial charge in [0, 0.05) is 11.0 Å². The predicted octanol–water partition coefficient (Wildman–Crippen LogP) is 1.67. The number of benzene rings is 1. The molecule has 0 bridgehead atoms. The Morgan fingerprint density at radius 1 is 1.36 bits per heavy atom. The minimum atomic E-state index is -0.413. The summed E-state index contributed by atoms with van der Waals surface area (Å²) in [6, 6.07) is 4.88. The van der Waals surface area contributed by atoms with Crippen molar-refractivity contribution in [1.82, 2.24) is 0 Å². The van der Waals surface area contributed by atoms with Crippen molar-refractivity contribution in [1.29, 1.82) is 0 Å². The summed E-state index contributed by atoms with van der Waals surface area (Å²) >= 11 is 0. The Morgan fingerprint density at radius 3 is 2.50 bits per heavy atom. The van der Waals surface area contributed by atoms with E-state index in [9.17, 15) is 10.2 Å². The summed E-state index contributed by atoms with van der Waals surface area (Å²) < 4.78 is 5.17. The third kappa shape index (κ3) is 1.99. The zero-order chi connectivity index (χ0) is 10.8. The van der Waals surface area contributed by atoms with Gasteiger partial charge < -0.3 is 14.9 Å². The molecule has 0 amide bonds. The Bertz CT molecular complexity index is 318. The Hall–Kier alpha value is -1.22. The molecule has 0 aliphatic heterocycles. The van der Waals surface area contributed by atoms with Crippen LogP contribution in [0.15, 0.2) is 18.2 Å². The number of methoxy groups -OCH3 is 1. The Kier molecular flexibility index (Phi) is 3.01. The number of hydrogen-bond donors (Lipinski definition) is 2. The second-order valence-electron chi connectivity index (χ2n) is 3.93. The lowest BCUT2D eigenvalue weighted by atomic mass is 9.85. The summed E-state index contributed by atoms with van der Waals surface area (Å²) in [5.41, 5.74) is 0.395. The maximum Gasteiger partial charge on any atom is 0.122 e. The number of hydrogen-bond acceptors (Lipinski definition) is 3. The molecule has 3 heteroatoms. The monoisotopic (exact) mass is 196 g/mol. The maximum atomic E-state index is 9.35. The Morgan fingerprint density at radius 2 is 2.00 bits per heavy atom. The van der Waals surface area contributed by atoms with Crippen LogP contribution < -0.4 is 4.74 Å². The smallest absolute Gasteiger partial charge is 0.122 e. The number of phenols is 1. The van der Waals surface area contributed by atoms with Crippen LogP contribution in [0.25, 0.3) is 0 Å². The molecule has 0 radical (unpaired) electrons. The quantitative estimate of drug-likeness (QED) is 0.773.